The molecule has 1 aliphatic heterocycles. The van der Waals surface area contributed by atoms with E-state index in [9.17, 15) is 9.59 Å². The molecule has 0 radical (unpaired) electrons. The lowest BCUT2D eigenvalue weighted by Crippen LogP contribution is -2.31. The molecule has 1 N–H and O–H groups in total. The van der Waals surface area contributed by atoms with Gasteiger partial charge in [0.25, 0.3) is 5.56 Å². The summed E-state index contributed by atoms with van der Waals surface area (Å²) in [5.41, 5.74) is 3.99. The van der Waals surface area contributed by atoms with E-state index in [-0.39, 0.29) is 6.54 Å². The maximum absolute atomic E-state index is 13.0. The van der Waals surface area contributed by atoms with E-state index in [1.165, 1.54) is 4.57 Å². The Labute approximate surface area is 206 Å². The summed E-state index contributed by atoms with van der Waals surface area (Å²) in [5, 5.41) is 0.374. The molecule has 0 fully saturated rings. The van der Waals surface area contributed by atoms with Crippen molar-refractivity contribution in [3.05, 3.63) is 111 Å². The van der Waals surface area contributed by atoms with E-state index in [0.717, 1.165) is 28.7 Å². The first-order valence-corrected chi connectivity index (χ1v) is 11.8. The van der Waals surface area contributed by atoms with Gasteiger partial charge in [0.1, 0.15) is 5.65 Å². The third kappa shape index (κ3) is 4.05. The first-order chi connectivity index (χ1) is 17.7. The van der Waals surface area contributed by atoms with Crippen LogP contribution in [0.25, 0.3) is 33.3 Å². The van der Waals surface area contributed by atoms with Gasteiger partial charge >= 0.3 is 5.69 Å². The Hall–Kier alpha value is -4.65. The Kier molecular flexibility index (Phi) is 5.58. The summed E-state index contributed by atoms with van der Waals surface area (Å²) < 4.78 is 13.0. The van der Waals surface area contributed by atoms with Gasteiger partial charge < -0.3 is 9.47 Å². The predicted molar refractivity (Wildman–Crippen MR) is 139 cm³/mol. The molecule has 178 valence electrons. The minimum absolute atomic E-state index is 0.228. The van der Waals surface area contributed by atoms with E-state index in [0.29, 0.717) is 41.3 Å². The highest BCUT2D eigenvalue weighted by Crippen LogP contribution is 2.31. The molecule has 36 heavy (non-hydrogen) atoms. The molecule has 0 amide bonds. The number of benzene rings is 3. The van der Waals surface area contributed by atoms with Gasteiger partial charge in [-0.05, 0) is 46.0 Å². The summed E-state index contributed by atoms with van der Waals surface area (Å²) in [6.07, 6.45) is 2.44. The molecule has 0 saturated carbocycles. The number of aromatic nitrogens is 3. The van der Waals surface area contributed by atoms with Crippen LogP contribution in [0, 0.1) is 0 Å². The number of nitrogens with zero attached hydrogens (tertiary/aromatic N) is 2. The molecular weight excluding hydrogens is 454 g/mol. The number of H-pyrrole nitrogens is 1. The molecule has 0 bridgehead atoms. The third-order valence-electron chi connectivity index (χ3n) is 6.33. The van der Waals surface area contributed by atoms with Crippen LogP contribution in [0.2, 0.25) is 0 Å². The van der Waals surface area contributed by atoms with E-state index in [2.05, 4.69) is 22.1 Å². The summed E-state index contributed by atoms with van der Waals surface area (Å²) in [7, 11) is 0. The zero-order valence-electron chi connectivity index (χ0n) is 19.4. The van der Waals surface area contributed by atoms with E-state index in [1.54, 1.807) is 12.3 Å². The van der Waals surface area contributed by atoms with Crippen LogP contribution in [0.5, 0.6) is 11.5 Å². The standard InChI is InChI=1S/C29H23N3O4/c33-28-26-23(22-10-8-21(9-11-22)20-5-2-1-3-6-20)13-14-30-27(26)32(29(34)31-28)18-19-7-12-24-25(17-19)36-16-4-15-35-24/h1-3,5-14,17H,4,15-16,18H2,(H,31,33,34). The molecule has 2 aromatic heterocycles. The van der Waals surface area contributed by atoms with Crippen LogP contribution in [0.3, 0.4) is 0 Å². The van der Waals surface area contributed by atoms with Crippen molar-refractivity contribution in [2.75, 3.05) is 13.2 Å². The molecule has 0 aliphatic carbocycles. The van der Waals surface area contributed by atoms with Gasteiger partial charge in [-0.25, -0.2) is 9.78 Å². The molecule has 6 rings (SSSR count). The third-order valence-corrected chi connectivity index (χ3v) is 6.33. The maximum Gasteiger partial charge on any atom is 0.330 e. The second kappa shape index (κ2) is 9.19. The van der Waals surface area contributed by atoms with Crippen molar-refractivity contribution in [1.29, 1.82) is 0 Å². The lowest BCUT2D eigenvalue weighted by Gasteiger charge is -2.13. The van der Waals surface area contributed by atoms with Gasteiger partial charge in [-0.3, -0.25) is 14.3 Å². The summed E-state index contributed by atoms with van der Waals surface area (Å²) in [5.74, 6) is 1.34. The Balaban J connectivity index is 1.42. The van der Waals surface area contributed by atoms with Crippen molar-refractivity contribution < 1.29 is 9.47 Å². The smallest absolute Gasteiger partial charge is 0.330 e. The van der Waals surface area contributed by atoms with Gasteiger partial charge in [-0.1, -0.05) is 60.7 Å². The Morgan fingerprint density at radius 2 is 1.53 bits per heavy atom. The summed E-state index contributed by atoms with van der Waals surface area (Å²) in [4.78, 5) is 32.8. The molecule has 0 unspecified atom stereocenters. The number of fused-ring (bicyclic) bond motifs is 2. The van der Waals surface area contributed by atoms with E-state index in [4.69, 9.17) is 9.47 Å². The number of ether oxygens (including phenoxy) is 2. The average Bonchev–Trinajstić information content (AvgIpc) is 3.16. The fraction of sp³-hybridized carbons (Fsp3) is 0.138. The van der Waals surface area contributed by atoms with Gasteiger partial charge in [0, 0.05) is 12.6 Å². The van der Waals surface area contributed by atoms with E-state index in [1.807, 2.05) is 60.7 Å². The fourth-order valence-electron chi connectivity index (χ4n) is 4.55. The fourth-order valence-corrected chi connectivity index (χ4v) is 4.55. The highest BCUT2D eigenvalue weighted by molar-refractivity contribution is 5.92. The van der Waals surface area contributed by atoms with Gasteiger partial charge in [-0.2, -0.15) is 0 Å². The van der Waals surface area contributed by atoms with Gasteiger partial charge in [-0.15, -0.1) is 0 Å². The van der Waals surface area contributed by atoms with Crippen LogP contribution in [0.1, 0.15) is 12.0 Å². The molecule has 3 aromatic carbocycles. The molecule has 3 heterocycles. The molecule has 7 nitrogen and oxygen atoms in total. The van der Waals surface area contributed by atoms with Crippen LogP contribution in [-0.2, 0) is 6.54 Å². The number of hydrogen-bond donors (Lipinski definition) is 1. The second-order valence-corrected chi connectivity index (χ2v) is 8.68. The molecule has 1 aliphatic rings. The van der Waals surface area contributed by atoms with Crippen molar-refractivity contribution in [2.45, 2.75) is 13.0 Å². The minimum Gasteiger partial charge on any atom is -0.490 e. The molecular formula is C29H23N3O4. The van der Waals surface area contributed by atoms with Crippen LogP contribution >= 0.6 is 0 Å². The first-order valence-electron chi connectivity index (χ1n) is 11.8. The first kappa shape index (κ1) is 21.9. The monoisotopic (exact) mass is 477 g/mol. The van der Waals surface area contributed by atoms with Crippen molar-refractivity contribution in [3.63, 3.8) is 0 Å². The molecule has 0 spiro atoms. The summed E-state index contributed by atoms with van der Waals surface area (Å²) >= 11 is 0. The van der Waals surface area contributed by atoms with Gasteiger partial charge in [0.15, 0.2) is 11.5 Å². The topological polar surface area (TPSA) is 86.2 Å². The van der Waals surface area contributed by atoms with Crippen LogP contribution in [0.4, 0.5) is 0 Å². The van der Waals surface area contributed by atoms with Gasteiger partial charge in [0.2, 0.25) is 0 Å². The summed E-state index contributed by atoms with van der Waals surface area (Å²) in [6, 6.07) is 25.5. The van der Waals surface area contributed by atoms with Crippen molar-refractivity contribution >= 4 is 11.0 Å². The molecule has 5 aromatic rings. The lowest BCUT2D eigenvalue weighted by atomic mass is 9.99. The minimum atomic E-state index is -0.510. The number of rotatable bonds is 4. The van der Waals surface area contributed by atoms with E-state index < -0.39 is 11.2 Å². The van der Waals surface area contributed by atoms with Crippen LogP contribution in [-0.4, -0.2) is 27.7 Å². The zero-order valence-corrected chi connectivity index (χ0v) is 19.4. The van der Waals surface area contributed by atoms with Crippen molar-refractivity contribution in [1.82, 2.24) is 14.5 Å². The zero-order chi connectivity index (χ0) is 24.5. The highest BCUT2D eigenvalue weighted by atomic mass is 16.5. The van der Waals surface area contributed by atoms with Gasteiger partial charge in [0.05, 0.1) is 25.1 Å². The Morgan fingerprint density at radius 1 is 0.806 bits per heavy atom. The Morgan fingerprint density at radius 3 is 2.33 bits per heavy atom. The van der Waals surface area contributed by atoms with Crippen LogP contribution in [0.15, 0.2) is 94.6 Å². The molecule has 0 atom stereocenters. The number of pyridine rings is 1. The number of hydrogen-bond acceptors (Lipinski definition) is 5. The maximum atomic E-state index is 13.0. The molecule has 7 heteroatoms. The molecule has 0 saturated heterocycles. The lowest BCUT2D eigenvalue weighted by molar-refractivity contribution is 0.297. The highest BCUT2D eigenvalue weighted by Gasteiger charge is 2.16. The normalized spacial score (nSPS) is 12.9. The average molecular weight is 478 g/mol. The number of aromatic amines is 1. The predicted octanol–water partition coefficient (Wildman–Crippen LogP) is 4.63. The van der Waals surface area contributed by atoms with Crippen molar-refractivity contribution in [3.8, 4) is 33.8 Å². The van der Waals surface area contributed by atoms with E-state index >= 15 is 0 Å². The summed E-state index contributed by atoms with van der Waals surface area (Å²) in [6.45, 7) is 1.41. The van der Waals surface area contributed by atoms with Crippen molar-refractivity contribution in [2.24, 2.45) is 0 Å². The largest absolute Gasteiger partial charge is 0.490 e. The second-order valence-electron chi connectivity index (χ2n) is 8.68. The number of nitrogens with one attached hydrogen (secondary N) is 1. The quantitative estimate of drug-likeness (QED) is 0.408. The van der Waals surface area contributed by atoms with Crippen LogP contribution < -0.4 is 20.7 Å². The Bertz CT molecular complexity index is 1670. The SMILES string of the molecule is O=c1[nH]c(=O)n(Cc2ccc3c(c2)OCCCO3)c2nccc(-c3ccc(-c4ccccc4)cc3)c12.